The van der Waals surface area contributed by atoms with Gasteiger partial charge < -0.3 is 28.4 Å². The van der Waals surface area contributed by atoms with Gasteiger partial charge in [-0.05, 0) is 37.5 Å². The Labute approximate surface area is 271 Å². The van der Waals surface area contributed by atoms with Crippen molar-refractivity contribution in [2.45, 2.75) is 96.2 Å². The first-order valence-electron chi connectivity index (χ1n) is 15.5. The summed E-state index contributed by atoms with van der Waals surface area (Å²) in [5.74, 6) is 4.53. The van der Waals surface area contributed by atoms with Crippen LogP contribution < -0.4 is 5.90 Å². The molecular formula is C36H45NO9. The first-order chi connectivity index (χ1) is 22.1. The first kappa shape index (κ1) is 35.2. The fourth-order valence-electron chi connectivity index (χ4n) is 5.19. The van der Waals surface area contributed by atoms with Gasteiger partial charge in [-0.25, -0.2) is 10.7 Å². The summed E-state index contributed by atoms with van der Waals surface area (Å²) in [7, 11) is 0. The van der Waals surface area contributed by atoms with Crippen LogP contribution in [0.2, 0.25) is 0 Å². The van der Waals surface area contributed by atoms with Crippen molar-refractivity contribution in [1.29, 1.82) is 0 Å². The third-order valence-corrected chi connectivity index (χ3v) is 7.32. The highest BCUT2D eigenvalue weighted by atomic mass is 16.7. The van der Waals surface area contributed by atoms with Crippen LogP contribution in [0.25, 0.3) is 0 Å². The molecule has 1 aliphatic rings. The van der Waals surface area contributed by atoms with E-state index in [9.17, 15) is 9.59 Å². The van der Waals surface area contributed by atoms with Crippen LogP contribution in [-0.2, 0) is 62.7 Å². The van der Waals surface area contributed by atoms with Crippen molar-refractivity contribution in [3.8, 4) is 0 Å². The molecule has 4 rings (SSSR count). The van der Waals surface area contributed by atoms with Crippen LogP contribution in [0.3, 0.4) is 0 Å². The van der Waals surface area contributed by atoms with Crippen molar-refractivity contribution in [3.63, 3.8) is 0 Å². The third-order valence-electron chi connectivity index (χ3n) is 7.32. The zero-order valence-corrected chi connectivity index (χ0v) is 26.9. The second-order valence-corrected chi connectivity index (χ2v) is 12.2. The minimum atomic E-state index is -1.17. The molecule has 10 nitrogen and oxygen atoms in total. The summed E-state index contributed by atoms with van der Waals surface area (Å²) in [4.78, 5) is 30.2. The summed E-state index contributed by atoms with van der Waals surface area (Å²) in [5, 5.41) is 0. The lowest BCUT2D eigenvalue weighted by Gasteiger charge is -2.46. The summed E-state index contributed by atoms with van der Waals surface area (Å²) in [6, 6.07) is 29.2. The van der Waals surface area contributed by atoms with Crippen LogP contribution in [0.1, 0.15) is 50.8 Å². The standard InChI is InChI=1S/C36H45NO9/c1-25(38)40-24-31-33(42-22-27-16-10-6-11-17-27)34(43-23-28-18-12-7-13-19-28)32(41-21-26-14-8-5-9-15-26)29(44-31)20-30(46-37)35(39)45-36(2,3)4/h5-19,29-34H,20-24,37H2,1-4H3/t29-,30+,31?,32?,33-,34?/m1/s1. The Morgan fingerprint density at radius 2 is 1.15 bits per heavy atom. The van der Waals surface area contributed by atoms with Crippen LogP contribution in [0.5, 0.6) is 0 Å². The predicted octanol–water partition coefficient (Wildman–Crippen LogP) is 5.06. The molecule has 0 saturated carbocycles. The number of esters is 2. The van der Waals surface area contributed by atoms with Crippen molar-refractivity contribution in [2.24, 2.45) is 5.90 Å². The molecule has 1 saturated heterocycles. The van der Waals surface area contributed by atoms with E-state index in [0.717, 1.165) is 16.7 Å². The molecule has 0 spiro atoms. The maximum Gasteiger partial charge on any atom is 0.338 e. The molecule has 10 heteroatoms. The van der Waals surface area contributed by atoms with Crippen LogP contribution in [0, 0.1) is 0 Å². The second kappa shape index (κ2) is 17.3. The summed E-state index contributed by atoms with van der Waals surface area (Å²) in [6.45, 7) is 7.24. The Bertz CT molecular complexity index is 1330. The molecule has 1 aliphatic heterocycles. The molecule has 2 N–H and O–H groups in total. The maximum absolute atomic E-state index is 13.1. The second-order valence-electron chi connectivity index (χ2n) is 12.2. The van der Waals surface area contributed by atoms with Gasteiger partial charge in [-0.2, -0.15) is 0 Å². The van der Waals surface area contributed by atoms with E-state index in [1.54, 1.807) is 20.8 Å². The summed E-state index contributed by atoms with van der Waals surface area (Å²) < 4.78 is 37.3. The maximum atomic E-state index is 13.1. The van der Waals surface area contributed by atoms with E-state index < -0.39 is 54.2 Å². The third kappa shape index (κ3) is 11.0. The van der Waals surface area contributed by atoms with Crippen molar-refractivity contribution < 1.29 is 42.8 Å². The van der Waals surface area contributed by atoms with E-state index in [1.807, 2.05) is 91.0 Å². The molecule has 3 aromatic carbocycles. The number of ether oxygens (including phenoxy) is 6. The molecule has 1 fully saturated rings. The Morgan fingerprint density at radius 1 is 0.717 bits per heavy atom. The number of hydrogen-bond acceptors (Lipinski definition) is 10. The molecule has 3 aromatic rings. The van der Waals surface area contributed by atoms with Crippen molar-refractivity contribution in [2.75, 3.05) is 6.61 Å². The van der Waals surface area contributed by atoms with E-state index in [0.29, 0.717) is 0 Å². The number of nitrogens with two attached hydrogens (primary N) is 1. The number of rotatable bonds is 15. The van der Waals surface area contributed by atoms with Crippen LogP contribution in [0.15, 0.2) is 91.0 Å². The number of carbonyl (C=O) groups excluding carboxylic acids is 2. The monoisotopic (exact) mass is 635 g/mol. The highest BCUT2D eigenvalue weighted by Crippen LogP contribution is 2.33. The zero-order valence-electron chi connectivity index (χ0n) is 26.9. The first-order valence-corrected chi connectivity index (χ1v) is 15.5. The van der Waals surface area contributed by atoms with Gasteiger partial charge in [0, 0.05) is 13.3 Å². The van der Waals surface area contributed by atoms with Gasteiger partial charge in [0.05, 0.1) is 25.9 Å². The van der Waals surface area contributed by atoms with E-state index in [-0.39, 0.29) is 32.8 Å². The van der Waals surface area contributed by atoms with Gasteiger partial charge in [-0.3, -0.25) is 9.63 Å². The van der Waals surface area contributed by atoms with Gasteiger partial charge in [0.1, 0.15) is 36.6 Å². The van der Waals surface area contributed by atoms with Crippen molar-refractivity contribution >= 4 is 11.9 Å². The van der Waals surface area contributed by atoms with E-state index in [1.165, 1.54) is 6.92 Å². The van der Waals surface area contributed by atoms with E-state index in [2.05, 4.69) is 0 Å². The van der Waals surface area contributed by atoms with Gasteiger partial charge in [0.2, 0.25) is 0 Å². The minimum absolute atomic E-state index is 0.0158. The molecule has 46 heavy (non-hydrogen) atoms. The number of benzene rings is 3. The molecule has 6 atom stereocenters. The van der Waals surface area contributed by atoms with Gasteiger partial charge in [-0.15, -0.1) is 0 Å². The SMILES string of the molecule is CC(=O)OCC1O[C@H](C[C@H](ON)C(=O)OC(C)(C)C)C(OCc2ccccc2)C(OCc2ccccc2)[C@@H]1OCc1ccccc1. The van der Waals surface area contributed by atoms with Gasteiger partial charge >= 0.3 is 11.9 Å². The lowest BCUT2D eigenvalue weighted by molar-refractivity contribution is -0.275. The van der Waals surface area contributed by atoms with Crippen LogP contribution >= 0.6 is 0 Å². The number of carbonyl (C=O) groups is 2. The largest absolute Gasteiger partial charge is 0.463 e. The molecular weight excluding hydrogens is 590 g/mol. The highest BCUT2D eigenvalue weighted by molar-refractivity contribution is 5.75. The Balaban J connectivity index is 1.70. The molecule has 1 heterocycles. The minimum Gasteiger partial charge on any atom is -0.463 e. The van der Waals surface area contributed by atoms with Crippen LogP contribution in [0.4, 0.5) is 0 Å². The zero-order chi connectivity index (χ0) is 32.9. The number of hydrogen-bond donors (Lipinski definition) is 1. The quantitative estimate of drug-likeness (QED) is 0.179. The molecule has 248 valence electrons. The van der Waals surface area contributed by atoms with Gasteiger partial charge in [-0.1, -0.05) is 91.0 Å². The fraction of sp³-hybridized carbons (Fsp3) is 0.444. The molecule has 0 aromatic heterocycles. The summed E-state index contributed by atoms with van der Waals surface area (Å²) in [5.41, 5.74) is 2.06. The average Bonchev–Trinajstić information content (AvgIpc) is 3.04. The summed E-state index contributed by atoms with van der Waals surface area (Å²) in [6.07, 6.45) is -4.94. The van der Waals surface area contributed by atoms with Crippen molar-refractivity contribution in [3.05, 3.63) is 108 Å². The Hall–Kier alpha value is -3.64. The topological polar surface area (TPSA) is 125 Å². The molecule has 3 unspecified atom stereocenters. The molecule has 0 bridgehead atoms. The van der Waals surface area contributed by atoms with Crippen molar-refractivity contribution in [1.82, 2.24) is 0 Å². The Kier molecular flexibility index (Phi) is 13.3. The lowest BCUT2D eigenvalue weighted by Crippen LogP contribution is -2.62. The Morgan fingerprint density at radius 3 is 1.57 bits per heavy atom. The van der Waals surface area contributed by atoms with Gasteiger partial charge in [0.15, 0.2) is 6.10 Å². The molecule has 0 amide bonds. The smallest absolute Gasteiger partial charge is 0.338 e. The molecule has 0 radical (unpaired) electrons. The van der Waals surface area contributed by atoms with E-state index in [4.69, 9.17) is 39.2 Å². The molecule has 0 aliphatic carbocycles. The predicted molar refractivity (Wildman–Crippen MR) is 170 cm³/mol. The fourth-order valence-corrected chi connectivity index (χ4v) is 5.19. The summed E-state index contributed by atoms with van der Waals surface area (Å²) >= 11 is 0. The van der Waals surface area contributed by atoms with Crippen LogP contribution in [-0.4, -0.2) is 60.8 Å². The normalized spacial score (nSPS) is 22.2. The van der Waals surface area contributed by atoms with E-state index >= 15 is 0 Å². The average molecular weight is 636 g/mol. The lowest BCUT2D eigenvalue weighted by atomic mass is 9.91. The highest BCUT2D eigenvalue weighted by Gasteiger charge is 2.50. The van der Waals surface area contributed by atoms with Gasteiger partial charge in [0.25, 0.3) is 0 Å².